The molecule has 11 rings (SSSR count). The van der Waals surface area contributed by atoms with Crippen LogP contribution in [0.2, 0.25) is 0 Å². The van der Waals surface area contributed by atoms with E-state index in [-0.39, 0.29) is 0 Å². The molecule has 252 valence electrons. The van der Waals surface area contributed by atoms with E-state index in [4.69, 9.17) is 15.0 Å². The van der Waals surface area contributed by atoms with Gasteiger partial charge in [-0.25, -0.2) is 15.0 Å². The lowest BCUT2D eigenvalue weighted by Crippen LogP contribution is -2.01. The second-order valence-corrected chi connectivity index (χ2v) is 13.6. The zero-order chi connectivity index (χ0) is 35.6. The Morgan fingerprint density at radius 3 is 1.44 bits per heavy atom. The second-order valence-electron chi connectivity index (χ2n) is 13.6. The Labute approximate surface area is 311 Å². The van der Waals surface area contributed by atoms with Crippen LogP contribution >= 0.6 is 0 Å². The molecular formula is C49H31N5. The van der Waals surface area contributed by atoms with Gasteiger partial charge in [0.2, 0.25) is 0 Å². The molecule has 0 spiro atoms. The maximum atomic E-state index is 5.05. The normalized spacial score (nSPS) is 11.7. The Morgan fingerprint density at radius 1 is 0.296 bits per heavy atom. The first kappa shape index (κ1) is 30.3. The molecule has 3 aromatic heterocycles. The molecule has 0 amide bonds. The van der Waals surface area contributed by atoms with E-state index in [0.717, 1.165) is 39.1 Å². The van der Waals surface area contributed by atoms with E-state index in [2.05, 4.69) is 137 Å². The van der Waals surface area contributed by atoms with Gasteiger partial charge in [0.25, 0.3) is 0 Å². The summed E-state index contributed by atoms with van der Waals surface area (Å²) in [5, 5.41) is 7.45. The Balaban J connectivity index is 1.19. The van der Waals surface area contributed by atoms with Crippen LogP contribution in [-0.2, 0) is 0 Å². The van der Waals surface area contributed by atoms with Crippen molar-refractivity contribution in [2.45, 2.75) is 0 Å². The topological polar surface area (TPSA) is 48.5 Å². The van der Waals surface area contributed by atoms with Crippen molar-refractivity contribution in [1.82, 2.24) is 24.1 Å². The molecule has 0 aliphatic heterocycles. The highest BCUT2D eigenvalue weighted by Gasteiger charge is 2.22. The molecule has 8 aromatic carbocycles. The number of hydrogen-bond donors (Lipinski definition) is 0. The third kappa shape index (κ3) is 4.69. The van der Waals surface area contributed by atoms with E-state index in [1.165, 1.54) is 43.4 Å². The van der Waals surface area contributed by atoms with Crippen LogP contribution in [-0.4, -0.2) is 24.1 Å². The van der Waals surface area contributed by atoms with Crippen molar-refractivity contribution in [2.75, 3.05) is 0 Å². The molecule has 0 saturated carbocycles. The SMILES string of the molecule is c1ccc(-c2nc(-c3ccccc3)nc(-c3cccc(-n4c5ccccc5c5c6c7c8ccccc8ccc7n(-c7ccccc7)c6ccc54)c3)n2)cc1. The van der Waals surface area contributed by atoms with Crippen LogP contribution in [0.1, 0.15) is 0 Å². The van der Waals surface area contributed by atoms with Gasteiger partial charge in [0.15, 0.2) is 17.5 Å². The summed E-state index contributed by atoms with van der Waals surface area (Å²) in [5.74, 6) is 1.92. The van der Waals surface area contributed by atoms with Gasteiger partial charge in [0.05, 0.1) is 22.1 Å². The fraction of sp³-hybridized carbons (Fsp3) is 0. The van der Waals surface area contributed by atoms with E-state index < -0.39 is 0 Å². The van der Waals surface area contributed by atoms with Gasteiger partial charge in [-0.2, -0.15) is 0 Å². The number of aromatic nitrogens is 5. The predicted octanol–water partition coefficient (Wildman–Crippen LogP) is 12.2. The number of benzene rings is 8. The van der Waals surface area contributed by atoms with Crippen molar-refractivity contribution in [3.63, 3.8) is 0 Å². The predicted molar refractivity (Wildman–Crippen MR) is 222 cm³/mol. The van der Waals surface area contributed by atoms with Crippen molar-refractivity contribution in [3.05, 3.63) is 188 Å². The van der Waals surface area contributed by atoms with Gasteiger partial charge in [-0.3, -0.25) is 0 Å². The van der Waals surface area contributed by atoms with Gasteiger partial charge >= 0.3 is 0 Å². The van der Waals surface area contributed by atoms with Gasteiger partial charge in [-0.1, -0.05) is 140 Å². The average Bonchev–Trinajstić information content (AvgIpc) is 3.78. The smallest absolute Gasteiger partial charge is 0.164 e. The van der Waals surface area contributed by atoms with Crippen LogP contribution in [0, 0.1) is 0 Å². The maximum absolute atomic E-state index is 5.05. The number of nitrogens with zero attached hydrogens (tertiary/aromatic N) is 5. The molecule has 5 heteroatoms. The standard InChI is InChI=1S/C49H31N5/c1-4-16-33(17-5-1)47-50-48(34-18-6-2-7-19-34)52-49(51-47)35-20-14-23-37(31-35)54-40-26-13-12-25-39(40)45-42(54)29-30-43-46(45)44-38-24-11-10-15-32(38)27-28-41(44)53(43)36-21-8-3-9-22-36/h1-31H. The molecule has 0 unspecified atom stereocenters. The quantitative estimate of drug-likeness (QED) is 0.181. The first-order valence-corrected chi connectivity index (χ1v) is 18.2. The van der Waals surface area contributed by atoms with Crippen molar-refractivity contribution in [3.8, 4) is 45.5 Å². The highest BCUT2D eigenvalue weighted by molar-refractivity contribution is 6.33. The second kappa shape index (κ2) is 12.1. The molecule has 0 bridgehead atoms. The molecule has 11 aromatic rings. The zero-order valence-electron chi connectivity index (χ0n) is 29.1. The van der Waals surface area contributed by atoms with Gasteiger partial charge in [-0.15, -0.1) is 0 Å². The van der Waals surface area contributed by atoms with Gasteiger partial charge < -0.3 is 9.13 Å². The Kier molecular flexibility index (Phi) is 6.79. The van der Waals surface area contributed by atoms with Gasteiger partial charge in [-0.05, 0) is 59.3 Å². The summed E-state index contributed by atoms with van der Waals surface area (Å²) in [6.45, 7) is 0. The van der Waals surface area contributed by atoms with Crippen LogP contribution in [0.4, 0.5) is 0 Å². The van der Waals surface area contributed by atoms with Crippen molar-refractivity contribution >= 4 is 54.4 Å². The highest BCUT2D eigenvalue weighted by atomic mass is 15.0. The summed E-state index contributed by atoms with van der Waals surface area (Å²) in [7, 11) is 0. The number of fused-ring (bicyclic) bond motifs is 9. The largest absolute Gasteiger partial charge is 0.309 e. The molecule has 0 N–H and O–H groups in total. The Hall–Kier alpha value is -7.37. The first-order chi connectivity index (χ1) is 26.8. The van der Waals surface area contributed by atoms with E-state index in [0.29, 0.717) is 17.5 Å². The van der Waals surface area contributed by atoms with Gasteiger partial charge in [0, 0.05) is 49.6 Å². The van der Waals surface area contributed by atoms with E-state index >= 15 is 0 Å². The Morgan fingerprint density at radius 2 is 0.759 bits per heavy atom. The van der Waals surface area contributed by atoms with Crippen molar-refractivity contribution in [2.24, 2.45) is 0 Å². The fourth-order valence-electron chi connectivity index (χ4n) is 8.18. The van der Waals surface area contributed by atoms with Crippen LogP contribution < -0.4 is 0 Å². The van der Waals surface area contributed by atoms with E-state index in [9.17, 15) is 0 Å². The molecular weight excluding hydrogens is 659 g/mol. The third-order valence-corrected chi connectivity index (χ3v) is 10.5. The summed E-state index contributed by atoms with van der Waals surface area (Å²) < 4.78 is 4.81. The molecule has 0 fully saturated rings. The first-order valence-electron chi connectivity index (χ1n) is 18.2. The van der Waals surface area contributed by atoms with E-state index in [1.807, 2.05) is 60.7 Å². The lowest BCUT2D eigenvalue weighted by atomic mass is 10.0. The number of rotatable bonds is 5. The lowest BCUT2D eigenvalue weighted by Gasteiger charge is -2.12. The zero-order valence-corrected chi connectivity index (χ0v) is 29.1. The van der Waals surface area contributed by atoms with E-state index in [1.54, 1.807) is 0 Å². The molecule has 54 heavy (non-hydrogen) atoms. The van der Waals surface area contributed by atoms with Crippen molar-refractivity contribution in [1.29, 1.82) is 0 Å². The average molecular weight is 690 g/mol. The molecule has 3 heterocycles. The molecule has 0 aliphatic carbocycles. The molecule has 0 atom stereocenters. The summed E-state index contributed by atoms with van der Waals surface area (Å²) >= 11 is 0. The molecule has 5 nitrogen and oxygen atoms in total. The van der Waals surface area contributed by atoms with Crippen LogP contribution in [0.15, 0.2) is 188 Å². The fourth-order valence-corrected chi connectivity index (χ4v) is 8.18. The maximum Gasteiger partial charge on any atom is 0.164 e. The number of hydrogen-bond acceptors (Lipinski definition) is 3. The summed E-state index contributed by atoms with van der Waals surface area (Å²) in [6.07, 6.45) is 0. The minimum atomic E-state index is 0.630. The summed E-state index contributed by atoms with van der Waals surface area (Å²) in [5.41, 5.74) is 9.66. The van der Waals surface area contributed by atoms with Crippen LogP contribution in [0.3, 0.4) is 0 Å². The lowest BCUT2D eigenvalue weighted by molar-refractivity contribution is 1.07. The number of para-hydroxylation sites is 2. The highest BCUT2D eigenvalue weighted by Crippen LogP contribution is 2.44. The monoisotopic (exact) mass is 689 g/mol. The molecule has 0 saturated heterocycles. The molecule has 0 aliphatic rings. The summed E-state index contributed by atoms with van der Waals surface area (Å²) in [4.78, 5) is 15.0. The third-order valence-electron chi connectivity index (χ3n) is 10.5. The molecule has 0 radical (unpaired) electrons. The minimum absolute atomic E-state index is 0.630. The summed E-state index contributed by atoms with van der Waals surface area (Å²) in [6, 6.07) is 66.1. The Bertz CT molecular complexity index is 3140. The van der Waals surface area contributed by atoms with Crippen molar-refractivity contribution < 1.29 is 0 Å². The van der Waals surface area contributed by atoms with Gasteiger partial charge in [0.1, 0.15) is 0 Å². The van der Waals surface area contributed by atoms with Crippen LogP contribution in [0.5, 0.6) is 0 Å². The van der Waals surface area contributed by atoms with Crippen LogP contribution in [0.25, 0.3) is 99.9 Å². The minimum Gasteiger partial charge on any atom is -0.309 e.